The zero-order chi connectivity index (χ0) is 17.5. The lowest BCUT2D eigenvalue weighted by Gasteiger charge is -2.27. The summed E-state index contributed by atoms with van der Waals surface area (Å²) in [5.41, 5.74) is 1.30. The average Bonchev–Trinajstić information content (AvgIpc) is 3.03. The van der Waals surface area contributed by atoms with Gasteiger partial charge in [0.05, 0.1) is 6.54 Å². The Labute approximate surface area is 172 Å². The second-order valence-corrected chi connectivity index (χ2v) is 7.88. The molecule has 0 saturated carbocycles. The van der Waals surface area contributed by atoms with E-state index >= 15 is 0 Å². The van der Waals surface area contributed by atoms with Crippen LogP contribution in [0, 0.1) is 5.92 Å². The van der Waals surface area contributed by atoms with E-state index in [4.69, 9.17) is 0 Å². The van der Waals surface area contributed by atoms with Crippen LogP contribution in [0.4, 0.5) is 0 Å². The number of aliphatic imine (C=N–C) groups is 1. The molecule has 0 aromatic carbocycles. The van der Waals surface area contributed by atoms with Crippen LogP contribution in [-0.2, 0) is 17.8 Å². The van der Waals surface area contributed by atoms with Crippen molar-refractivity contribution in [3.8, 4) is 0 Å². The Bertz CT molecular complexity index is 573. The van der Waals surface area contributed by atoms with Gasteiger partial charge in [0, 0.05) is 31.1 Å². The molecule has 1 unspecified atom stereocenters. The fourth-order valence-corrected chi connectivity index (χ4v) is 3.71. The first-order valence-electron chi connectivity index (χ1n) is 8.79. The molecular formula is C18H31IN4OS. The summed E-state index contributed by atoms with van der Waals surface area (Å²) < 4.78 is 0. The molecule has 1 aliphatic rings. The summed E-state index contributed by atoms with van der Waals surface area (Å²) in [6, 6.07) is 2.47. The number of carbonyl (C=O) groups is 1. The van der Waals surface area contributed by atoms with Crippen molar-refractivity contribution < 1.29 is 4.79 Å². The highest BCUT2D eigenvalue weighted by Gasteiger charge is 2.21. The molecule has 142 valence electrons. The highest BCUT2D eigenvalue weighted by Crippen LogP contribution is 2.23. The summed E-state index contributed by atoms with van der Waals surface area (Å²) in [6.07, 6.45) is 3.25. The van der Waals surface area contributed by atoms with Crippen molar-refractivity contribution in [1.82, 2.24) is 15.5 Å². The molecule has 2 rings (SSSR count). The predicted octanol–water partition coefficient (Wildman–Crippen LogP) is 3.24. The predicted molar refractivity (Wildman–Crippen MR) is 117 cm³/mol. The van der Waals surface area contributed by atoms with Gasteiger partial charge in [0.25, 0.3) is 0 Å². The van der Waals surface area contributed by atoms with Crippen molar-refractivity contribution in [3.63, 3.8) is 0 Å². The van der Waals surface area contributed by atoms with E-state index < -0.39 is 0 Å². The van der Waals surface area contributed by atoms with Gasteiger partial charge in [0.15, 0.2) is 5.96 Å². The first-order valence-corrected chi connectivity index (χ1v) is 9.67. The number of nitrogens with one attached hydrogen (secondary N) is 2. The summed E-state index contributed by atoms with van der Waals surface area (Å²) >= 11 is 1.79. The van der Waals surface area contributed by atoms with Gasteiger partial charge in [-0.25, -0.2) is 0 Å². The van der Waals surface area contributed by atoms with Crippen LogP contribution in [0.15, 0.2) is 16.4 Å². The van der Waals surface area contributed by atoms with E-state index in [0.717, 1.165) is 25.9 Å². The fraction of sp³-hybridized carbons (Fsp3) is 0.667. The monoisotopic (exact) mass is 478 g/mol. The zero-order valence-corrected chi connectivity index (χ0v) is 18.8. The van der Waals surface area contributed by atoms with Gasteiger partial charge < -0.3 is 15.5 Å². The van der Waals surface area contributed by atoms with E-state index in [1.165, 1.54) is 16.9 Å². The molecule has 0 fully saturated rings. The van der Waals surface area contributed by atoms with Crippen molar-refractivity contribution in [2.75, 3.05) is 20.1 Å². The van der Waals surface area contributed by atoms with E-state index in [0.29, 0.717) is 17.9 Å². The van der Waals surface area contributed by atoms with Crippen molar-refractivity contribution >= 4 is 47.2 Å². The normalized spacial score (nSPS) is 15.4. The van der Waals surface area contributed by atoms with Crippen LogP contribution in [0.2, 0.25) is 0 Å². The molecule has 0 saturated heterocycles. The summed E-state index contributed by atoms with van der Waals surface area (Å²) in [7, 11) is 1.74. The highest BCUT2D eigenvalue weighted by molar-refractivity contribution is 14.0. The molecule has 2 heterocycles. The van der Waals surface area contributed by atoms with Crippen LogP contribution >= 0.6 is 35.3 Å². The van der Waals surface area contributed by atoms with Gasteiger partial charge in [-0.3, -0.25) is 9.79 Å². The molecule has 1 amide bonds. The highest BCUT2D eigenvalue weighted by atomic mass is 127. The lowest BCUT2D eigenvalue weighted by Crippen LogP contribution is -2.47. The standard InChI is InChI=1S/C18H30N4OS.HI/c1-13(2)5-6-14(3)21-18(19-4)20-11-17(23)22-9-7-16-15(12-22)8-10-24-16;/h8,10,13-14H,5-7,9,11-12H2,1-4H3,(H2,19,20,21);1H. The second-order valence-electron chi connectivity index (χ2n) is 6.88. The van der Waals surface area contributed by atoms with Crippen LogP contribution in [-0.4, -0.2) is 42.9 Å². The summed E-state index contributed by atoms with van der Waals surface area (Å²) in [4.78, 5) is 20.0. The lowest BCUT2D eigenvalue weighted by molar-refractivity contribution is -0.130. The zero-order valence-electron chi connectivity index (χ0n) is 15.7. The minimum Gasteiger partial charge on any atom is -0.354 e. The van der Waals surface area contributed by atoms with Crippen LogP contribution < -0.4 is 10.6 Å². The molecule has 1 aromatic heterocycles. The first-order chi connectivity index (χ1) is 11.5. The van der Waals surface area contributed by atoms with Crippen molar-refractivity contribution in [2.45, 2.75) is 52.6 Å². The molecule has 1 atom stereocenters. The number of halogens is 1. The maximum atomic E-state index is 12.4. The van der Waals surface area contributed by atoms with Gasteiger partial charge >= 0.3 is 0 Å². The fourth-order valence-electron chi connectivity index (χ4n) is 2.82. The third-order valence-electron chi connectivity index (χ3n) is 4.35. The van der Waals surface area contributed by atoms with Gasteiger partial charge in [-0.2, -0.15) is 0 Å². The number of nitrogens with zero attached hydrogens (tertiary/aromatic N) is 2. The van der Waals surface area contributed by atoms with E-state index in [1.807, 2.05) is 4.90 Å². The summed E-state index contributed by atoms with van der Waals surface area (Å²) in [6.45, 7) is 8.45. The van der Waals surface area contributed by atoms with E-state index in [2.05, 4.69) is 47.8 Å². The van der Waals surface area contributed by atoms with Crippen LogP contribution in [0.5, 0.6) is 0 Å². The Morgan fingerprint density at radius 3 is 2.80 bits per heavy atom. The van der Waals surface area contributed by atoms with Gasteiger partial charge in [-0.15, -0.1) is 35.3 Å². The number of guanidine groups is 1. The Morgan fingerprint density at radius 2 is 2.12 bits per heavy atom. The first kappa shape index (κ1) is 22.2. The molecule has 0 spiro atoms. The Morgan fingerprint density at radius 1 is 1.36 bits per heavy atom. The van der Waals surface area contributed by atoms with Crippen LogP contribution in [0.3, 0.4) is 0 Å². The number of thiophene rings is 1. The molecule has 7 heteroatoms. The Kier molecular flexibility index (Phi) is 9.78. The largest absolute Gasteiger partial charge is 0.354 e. The second kappa shape index (κ2) is 11.0. The number of fused-ring (bicyclic) bond motifs is 1. The number of amides is 1. The number of hydrogen-bond acceptors (Lipinski definition) is 3. The van der Waals surface area contributed by atoms with Gasteiger partial charge in [-0.05, 0) is 49.1 Å². The van der Waals surface area contributed by atoms with Gasteiger partial charge in [0.1, 0.15) is 0 Å². The van der Waals surface area contributed by atoms with Crippen molar-refractivity contribution in [3.05, 3.63) is 21.9 Å². The maximum absolute atomic E-state index is 12.4. The molecule has 0 radical (unpaired) electrons. The Balaban J connectivity index is 0.00000312. The van der Waals surface area contributed by atoms with E-state index in [1.54, 1.807) is 18.4 Å². The summed E-state index contributed by atoms with van der Waals surface area (Å²) in [5, 5.41) is 8.63. The molecule has 2 N–H and O–H groups in total. The number of rotatable bonds is 6. The third-order valence-corrected chi connectivity index (χ3v) is 5.37. The smallest absolute Gasteiger partial charge is 0.242 e. The molecule has 0 aliphatic carbocycles. The molecule has 1 aliphatic heterocycles. The molecule has 5 nitrogen and oxygen atoms in total. The van der Waals surface area contributed by atoms with Crippen molar-refractivity contribution in [1.29, 1.82) is 0 Å². The third kappa shape index (κ3) is 7.13. The number of carbonyl (C=O) groups excluding carboxylic acids is 1. The van der Waals surface area contributed by atoms with Gasteiger partial charge in [0.2, 0.25) is 5.91 Å². The minimum absolute atomic E-state index is 0. The Hall–Kier alpha value is -0.830. The van der Waals surface area contributed by atoms with Crippen molar-refractivity contribution in [2.24, 2.45) is 10.9 Å². The number of hydrogen-bond donors (Lipinski definition) is 2. The van der Waals surface area contributed by atoms with Crippen LogP contribution in [0.1, 0.15) is 44.1 Å². The van der Waals surface area contributed by atoms with E-state index in [9.17, 15) is 4.79 Å². The minimum atomic E-state index is 0. The molecule has 1 aromatic rings. The quantitative estimate of drug-likeness (QED) is 0.375. The lowest BCUT2D eigenvalue weighted by atomic mass is 10.0. The molecular weight excluding hydrogens is 447 g/mol. The molecule has 0 bridgehead atoms. The average molecular weight is 478 g/mol. The maximum Gasteiger partial charge on any atom is 0.242 e. The SMILES string of the molecule is CN=C(NCC(=O)N1CCc2sccc2C1)NC(C)CCC(C)C.I. The van der Waals surface area contributed by atoms with Crippen LogP contribution in [0.25, 0.3) is 0 Å². The summed E-state index contributed by atoms with van der Waals surface area (Å²) in [5.74, 6) is 1.53. The van der Waals surface area contributed by atoms with Gasteiger partial charge in [-0.1, -0.05) is 13.8 Å². The topological polar surface area (TPSA) is 56.7 Å². The molecule has 25 heavy (non-hydrogen) atoms. The van der Waals surface area contributed by atoms with E-state index in [-0.39, 0.29) is 36.4 Å².